The Balaban J connectivity index is 1.77. The molecule has 146 valence electrons. The van der Waals surface area contributed by atoms with Crippen LogP contribution in [0.15, 0.2) is 46.6 Å². The summed E-state index contributed by atoms with van der Waals surface area (Å²) in [5.74, 6) is 0.490. The zero-order valence-electron chi connectivity index (χ0n) is 16.2. The van der Waals surface area contributed by atoms with Crippen molar-refractivity contribution in [3.05, 3.63) is 63.3 Å². The second kappa shape index (κ2) is 7.80. The van der Waals surface area contributed by atoms with Gasteiger partial charge in [0.05, 0.1) is 5.56 Å². The Morgan fingerprint density at radius 1 is 1.18 bits per heavy atom. The summed E-state index contributed by atoms with van der Waals surface area (Å²) in [6.07, 6.45) is 1.70. The van der Waals surface area contributed by atoms with Crippen molar-refractivity contribution in [3.8, 4) is 11.5 Å². The van der Waals surface area contributed by atoms with Crippen molar-refractivity contribution in [2.75, 3.05) is 6.61 Å². The first-order valence-corrected chi connectivity index (χ1v) is 9.61. The molecule has 0 saturated carbocycles. The molecule has 0 bridgehead atoms. The molecular formula is C22H21BrO5. The summed E-state index contributed by atoms with van der Waals surface area (Å²) in [5.41, 5.74) is 1.52. The van der Waals surface area contributed by atoms with Gasteiger partial charge in [0.15, 0.2) is 12.4 Å². The number of allylic oxidation sites excluding steroid dienone is 1. The fourth-order valence-electron chi connectivity index (χ4n) is 2.78. The van der Waals surface area contributed by atoms with E-state index in [1.165, 1.54) is 0 Å². The molecule has 0 aliphatic carbocycles. The summed E-state index contributed by atoms with van der Waals surface area (Å²) in [6, 6.07) is 10.9. The molecule has 1 aliphatic rings. The van der Waals surface area contributed by atoms with E-state index < -0.39 is 11.6 Å². The molecule has 0 saturated heterocycles. The van der Waals surface area contributed by atoms with Gasteiger partial charge >= 0.3 is 5.97 Å². The lowest BCUT2D eigenvalue weighted by atomic mass is 10.0. The third-order valence-corrected chi connectivity index (χ3v) is 4.42. The molecular weight excluding hydrogens is 424 g/mol. The van der Waals surface area contributed by atoms with Crippen molar-refractivity contribution in [1.29, 1.82) is 0 Å². The first-order valence-electron chi connectivity index (χ1n) is 8.81. The zero-order chi connectivity index (χ0) is 20.5. The van der Waals surface area contributed by atoms with E-state index in [-0.39, 0.29) is 18.1 Å². The van der Waals surface area contributed by atoms with Crippen molar-refractivity contribution in [2.24, 2.45) is 0 Å². The minimum Gasteiger partial charge on any atom is -0.482 e. The fraction of sp³-hybridized carbons (Fsp3) is 0.273. The van der Waals surface area contributed by atoms with E-state index >= 15 is 0 Å². The van der Waals surface area contributed by atoms with Crippen LogP contribution < -0.4 is 9.47 Å². The molecule has 5 nitrogen and oxygen atoms in total. The molecule has 0 spiro atoms. The van der Waals surface area contributed by atoms with E-state index in [4.69, 9.17) is 14.2 Å². The van der Waals surface area contributed by atoms with E-state index in [1.54, 1.807) is 39.0 Å². The van der Waals surface area contributed by atoms with Crippen LogP contribution in [-0.4, -0.2) is 24.0 Å². The van der Waals surface area contributed by atoms with Crippen molar-refractivity contribution < 1.29 is 23.8 Å². The average Bonchev–Trinajstić information content (AvgIpc) is 2.90. The van der Waals surface area contributed by atoms with Gasteiger partial charge in [-0.05, 0) is 63.1 Å². The maximum absolute atomic E-state index is 12.7. The van der Waals surface area contributed by atoms with Gasteiger partial charge in [-0.15, -0.1) is 0 Å². The number of halogens is 1. The number of carbonyl (C=O) groups is 2. The summed E-state index contributed by atoms with van der Waals surface area (Å²) >= 11 is 3.39. The number of ether oxygens (including phenoxy) is 3. The molecule has 0 unspecified atom stereocenters. The number of ketones is 1. The summed E-state index contributed by atoms with van der Waals surface area (Å²) in [5, 5.41) is 0. The highest BCUT2D eigenvalue weighted by Gasteiger charge is 2.30. The smallest absolute Gasteiger partial charge is 0.344 e. The average molecular weight is 445 g/mol. The van der Waals surface area contributed by atoms with Crippen molar-refractivity contribution in [2.45, 2.75) is 33.3 Å². The summed E-state index contributed by atoms with van der Waals surface area (Å²) in [6.45, 7) is 6.98. The van der Waals surface area contributed by atoms with Crippen LogP contribution in [0.1, 0.15) is 42.3 Å². The molecule has 0 aromatic heterocycles. The van der Waals surface area contributed by atoms with Gasteiger partial charge in [-0.3, -0.25) is 4.79 Å². The van der Waals surface area contributed by atoms with Crippen molar-refractivity contribution in [3.63, 3.8) is 0 Å². The van der Waals surface area contributed by atoms with Gasteiger partial charge < -0.3 is 14.2 Å². The van der Waals surface area contributed by atoms with Crippen LogP contribution in [0, 0.1) is 6.92 Å². The Morgan fingerprint density at radius 2 is 1.86 bits per heavy atom. The van der Waals surface area contributed by atoms with Crippen LogP contribution in [0.3, 0.4) is 0 Å². The lowest BCUT2D eigenvalue weighted by Gasteiger charge is -2.19. The minimum atomic E-state index is -0.573. The highest BCUT2D eigenvalue weighted by molar-refractivity contribution is 9.10. The largest absolute Gasteiger partial charge is 0.482 e. The van der Waals surface area contributed by atoms with E-state index in [9.17, 15) is 9.59 Å². The number of hydrogen-bond acceptors (Lipinski definition) is 5. The second-order valence-corrected chi connectivity index (χ2v) is 8.40. The first-order chi connectivity index (χ1) is 13.1. The number of esters is 1. The van der Waals surface area contributed by atoms with Crippen LogP contribution in [0.4, 0.5) is 0 Å². The lowest BCUT2D eigenvalue weighted by Crippen LogP contribution is -2.27. The number of carbonyl (C=O) groups excluding carboxylic acids is 2. The number of hydrogen-bond donors (Lipinski definition) is 0. The van der Waals surface area contributed by atoms with Crippen molar-refractivity contribution in [1.82, 2.24) is 0 Å². The van der Waals surface area contributed by atoms with Crippen molar-refractivity contribution >= 4 is 33.8 Å². The third-order valence-electron chi connectivity index (χ3n) is 3.89. The monoisotopic (exact) mass is 444 g/mol. The molecule has 0 amide bonds. The third kappa shape index (κ3) is 4.81. The number of aryl methyl sites for hydroxylation is 1. The Labute approximate surface area is 172 Å². The highest BCUT2D eigenvalue weighted by Crippen LogP contribution is 2.37. The number of fused-ring (bicyclic) bond motifs is 1. The molecule has 1 heterocycles. The van der Waals surface area contributed by atoms with Gasteiger partial charge in [-0.25, -0.2) is 4.79 Å². The summed E-state index contributed by atoms with van der Waals surface area (Å²) in [4.78, 5) is 24.5. The Kier molecular flexibility index (Phi) is 5.61. The highest BCUT2D eigenvalue weighted by atomic mass is 79.9. The maximum atomic E-state index is 12.7. The van der Waals surface area contributed by atoms with E-state index in [1.807, 2.05) is 31.2 Å². The van der Waals surface area contributed by atoms with Crippen LogP contribution in [0.25, 0.3) is 6.08 Å². The predicted molar refractivity (Wildman–Crippen MR) is 110 cm³/mol. The molecule has 0 radical (unpaired) electrons. The number of rotatable bonds is 4. The molecule has 28 heavy (non-hydrogen) atoms. The fourth-order valence-corrected chi connectivity index (χ4v) is 3.05. The van der Waals surface area contributed by atoms with Crippen LogP contribution in [-0.2, 0) is 9.53 Å². The number of benzene rings is 2. The zero-order valence-corrected chi connectivity index (χ0v) is 17.8. The molecule has 0 fully saturated rings. The summed E-state index contributed by atoms with van der Waals surface area (Å²) in [7, 11) is 0. The van der Waals surface area contributed by atoms with Crippen LogP contribution in [0.2, 0.25) is 0 Å². The first kappa shape index (κ1) is 20.1. The Morgan fingerprint density at radius 3 is 2.50 bits per heavy atom. The molecule has 0 N–H and O–H groups in total. The van der Waals surface area contributed by atoms with Crippen LogP contribution in [0.5, 0.6) is 11.5 Å². The Hall–Kier alpha value is -2.60. The minimum absolute atomic E-state index is 0.172. The molecule has 2 aromatic carbocycles. The standard InChI is InChI=1S/C22H21BrO5/c1-13-9-16(26-12-19(24)28-22(2,3)4)11-17-20(13)21(25)18(27-17)10-14-5-7-15(23)8-6-14/h5-11H,12H2,1-4H3/b18-10-. The van der Waals surface area contributed by atoms with Gasteiger partial charge in [0.25, 0.3) is 0 Å². The molecule has 2 aromatic rings. The summed E-state index contributed by atoms with van der Waals surface area (Å²) < 4.78 is 17.5. The van der Waals surface area contributed by atoms with Gasteiger partial charge in [0, 0.05) is 10.5 Å². The predicted octanol–water partition coefficient (Wildman–Crippen LogP) is 5.09. The molecule has 3 rings (SSSR count). The topological polar surface area (TPSA) is 61.8 Å². The Bertz CT molecular complexity index is 952. The molecule has 6 heteroatoms. The molecule has 1 aliphatic heterocycles. The second-order valence-electron chi connectivity index (χ2n) is 7.48. The van der Waals surface area contributed by atoms with Crippen LogP contribution >= 0.6 is 15.9 Å². The molecule has 0 atom stereocenters. The SMILES string of the molecule is Cc1cc(OCC(=O)OC(C)(C)C)cc2c1C(=O)/C(=C/c1ccc(Br)cc1)O2. The normalized spacial score (nSPS) is 14.6. The van der Waals surface area contributed by atoms with Gasteiger partial charge in [-0.2, -0.15) is 0 Å². The van der Waals surface area contributed by atoms with E-state index in [0.29, 0.717) is 17.1 Å². The van der Waals surface area contributed by atoms with Gasteiger partial charge in [0.1, 0.15) is 17.1 Å². The quantitative estimate of drug-likeness (QED) is 0.485. The lowest BCUT2D eigenvalue weighted by molar-refractivity contribution is -0.157. The van der Waals surface area contributed by atoms with E-state index in [0.717, 1.165) is 15.6 Å². The maximum Gasteiger partial charge on any atom is 0.344 e. The van der Waals surface area contributed by atoms with E-state index in [2.05, 4.69) is 15.9 Å². The van der Waals surface area contributed by atoms with Gasteiger partial charge in [-0.1, -0.05) is 28.1 Å². The number of Topliss-reactive ketones (excluding diaryl/α,β-unsaturated/α-hetero) is 1. The van der Waals surface area contributed by atoms with Gasteiger partial charge in [0.2, 0.25) is 5.78 Å².